The number of amides is 1. The van der Waals surface area contributed by atoms with E-state index in [1.54, 1.807) is 6.20 Å². The standard InChI is InChI=1S/C11H17ClN4O/c12-9-6-16(15-11(9)13)7-10(17)14-8-4-2-1-3-5-8/h6,8H,1-5,7H2,(H2,13,15)(H,14,17). The van der Waals surface area contributed by atoms with Crippen LogP contribution in [-0.2, 0) is 11.3 Å². The highest BCUT2D eigenvalue weighted by Gasteiger charge is 2.16. The SMILES string of the molecule is Nc1nn(CC(=O)NC2CCCCC2)cc1Cl. The smallest absolute Gasteiger partial charge is 0.241 e. The number of nitrogens with two attached hydrogens (primary N) is 1. The fraction of sp³-hybridized carbons (Fsp3) is 0.636. The Hall–Kier alpha value is -1.23. The van der Waals surface area contributed by atoms with Gasteiger partial charge in [0.25, 0.3) is 0 Å². The summed E-state index contributed by atoms with van der Waals surface area (Å²) in [4.78, 5) is 11.7. The quantitative estimate of drug-likeness (QED) is 0.862. The van der Waals surface area contributed by atoms with Gasteiger partial charge in [-0.1, -0.05) is 30.9 Å². The average Bonchev–Trinajstić information content (AvgIpc) is 2.59. The van der Waals surface area contributed by atoms with Crippen LogP contribution in [0.25, 0.3) is 0 Å². The molecule has 1 amide bonds. The molecule has 3 N–H and O–H groups in total. The molecular formula is C11H17ClN4O. The predicted molar refractivity (Wildman–Crippen MR) is 66.7 cm³/mol. The van der Waals surface area contributed by atoms with Crippen LogP contribution in [0.15, 0.2) is 6.20 Å². The molecule has 0 aromatic carbocycles. The lowest BCUT2D eigenvalue weighted by Gasteiger charge is -2.22. The zero-order valence-corrected chi connectivity index (χ0v) is 10.4. The van der Waals surface area contributed by atoms with Crippen LogP contribution in [0, 0.1) is 0 Å². The van der Waals surface area contributed by atoms with Crippen molar-refractivity contribution in [1.29, 1.82) is 0 Å². The molecule has 0 bridgehead atoms. The summed E-state index contributed by atoms with van der Waals surface area (Å²) in [5.74, 6) is 0.230. The van der Waals surface area contributed by atoms with E-state index in [1.165, 1.54) is 23.9 Å². The van der Waals surface area contributed by atoms with Gasteiger partial charge in [-0.25, -0.2) is 0 Å². The largest absolute Gasteiger partial charge is 0.381 e. The van der Waals surface area contributed by atoms with Gasteiger partial charge in [-0.15, -0.1) is 0 Å². The van der Waals surface area contributed by atoms with Crippen molar-refractivity contribution in [2.24, 2.45) is 0 Å². The van der Waals surface area contributed by atoms with Gasteiger partial charge in [0.05, 0.1) is 0 Å². The third-order valence-electron chi connectivity index (χ3n) is 3.02. The van der Waals surface area contributed by atoms with Crippen molar-refractivity contribution in [1.82, 2.24) is 15.1 Å². The molecule has 1 aromatic heterocycles. The Morgan fingerprint density at radius 2 is 2.24 bits per heavy atom. The van der Waals surface area contributed by atoms with Crippen molar-refractivity contribution >= 4 is 23.3 Å². The molecule has 1 aliphatic carbocycles. The minimum Gasteiger partial charge on any atom is -0.381 e. The zero-order chi connectivity index (χ0) is 12.3. The highest BCUT2D eigenvalue weighted by Crippen LogP contribution is 2.18. The van der Waals surface area contributed by atoms with E-state index in [2.05, 4.69) is 10.4 Å². The molecule has 17 heavy (non-hydrogen) atoms. The van der Waals surface area contributed by atoms with E-state index in [4.69, 9.17) is 17.3 Å². The van der Waals surface area contributed by atoms with Crippen LogP contribution in [0.3, 0.4) is 0 Å². The first-order chi connectivity index (χ1) is 8.15. The number of anilines is 1. The molecule has 0 unspecified atom stereocenters. The Bertz CT molecular complexity index is 379. The van der Waals surface area contributed by atoms with E-state index in [9.17, 15) is 4.79 Å². The zero-order valence-electron chi connectivity index (χ0n) is 9.66. The Balaban J connectivity index is 1.84. The number of carbonyl (C=O) groups is 1. The molecular weight excluding hydrogens is 240 g/mol. The maximum absolute atomic E-state index is 11.7. The lowest BCUT2D eigenvalue weighted by molar-refractivity contribution is -0.122. The molecule has 1 heterocycles. The molecule has 1 saturated carbocycles. The van der Waals surface area contributed by atoms with Crippen molar-refractivity contribution in [3.63, 3.8) is 0 Å². The number of nitrogen functional groups attached to an aromatic ring is 1. The van der Waals surface area contributed by atoms with Gasteiger partial charge in [-0.05, 0) is 12.8 Å². The topological polar surface area (TPSA) is 72.9 Å². The van der Waals surface area contributed by atoms with Crippen LogP contribution < -0.4 is 11.1 Å². The van der Waals surface area contributed by atoms with Gasteiger partial charge in [0.2, 0.25) is 5.91 Å². The van der Waals surface area contributed by atoms with Crippen LogP contribution in [0.1, 0.15) is 32.1 Å². The van der Waals surface area contributed by atoms with Crippen LogP contribution in [0.2, 0.25) is 5.02 Å². The molecule has 1 aromatic rings. The van der Waals surface area contributed by atoms with E-state index in [0.717, 1.165) is 12.8 Å². The lowest BCUT2D eigenvalue weighted by Crippen LogP contribution is -2.38. The van der Waals surface area contributed by atoms with Crippen LogP contribution in [-0.4, -0.2) is 21.7 Å². The van der Waals surface area contributed by atoms with Crippen molar-refractivity contribution < 1.29 is 4.79 Å². The first-order valence-electron chi connectivity index (χ1n) is 5.93. The number of hydrogen-bond donors (Lipinski definition) is 2. The first-order valence-corrected chi connectivity index (χ1v) is 6.31. The monoisotopic (exact) mass is 256 g/mol. The minimum absolute atomic E-state index is 0.0314. The van der Waals surface area contributed by atoms with Crippen LogP contribution in [0.4, 0.5) is 5.82 Å². The second kappa shape index (κ2) is 5.40. The molecule has 1 aliphatic rings. The van der Waals surface area contributed by atoms with Gasteiger partial charge in [0, 0.05) is 12.2 Å². The highest BCUT2D eigenvalue weighted by atomic mass is 35.5. The number of aromatic nitrogens is 2. The third-order valence-corrected chi connectivity index (χ3v) is 3.31. The molecule has 0 saturated heterocycles. The Morgan fingerprint density at radius 1 is 1.53 bits per heavy atom. The number of hydrogen-bond acceptors (Lipinski definition) is 3. The van der Waals surface area contributed by atoms with Crippen molar-refractivity contribution in [2.45, 2.75) is 44.7 Å². The fourth-order valence-corrected chi connectivity index (χ4v) is 2.31. The van der Waals surface area contributed by atoms with Gasteiger partial charge in [0.1, 0.15) is 11.6 Å². The average molecular weight is 257 g/mol. The normalized spacial score (nSPS) is 17.0. The first kappa shape index (κ1) is 12.2. The Morgan fingerprint density at radius 3 is 2.82 bits per heavy atom. The lowest BCUT2D eigenvalue weighted by atomic mass is 9.95. The third kappa shape index (κ3) is 3.36. The van der Waals surface area contributed by atoms with E-state index in [-0.39, 0.29) is 18.3 Å². The van der Waals surface area contributed by atoms with Gasteiger partial charge < -0.3 is 11.1 Å². The summed E-state index contributed by atoms with van der Waals surface area (Å²) in [5, 5.41) is 7.34. The van der Waals surface area contributed by atoms with E-state index < -0.39 is 0 Å². The molecule has 5 nitrogen and oxygen atoms in total. The summed E-state index contributed by atoms with van der Waals surface area (Å²) in [5.41, 5.74) is 5.51. The van der Waals surface area contributed by atoms with E-state index in [0.29, 0.717) is 11.1 Å². The van der Waals surface area contributed by atoms with Crippen LogP contribution >= 0.6 is 11.6 Å². The van der Waals surface area contributed by atoms with Crippen LogP contribution in [0.5, 0.6) is 0 Å². The molecule has 0 aliphatic heterocycles. The minimum atomic E-state index is -0.0314. The maximum atomic E-state index is 11.7. The van der Waals surface area contributed by atoms with Gasteiger partial charge in [-0.3, -0.25) is 9.48 Å². The number of carbonyl (C=O) groups excluding carboxylic acids is 1. The summed E-state index contributed by atoms with van der Waals surface area (Å²) in [7, 11) is 0. The number of rotatable bonds is 3. The molecule has 2 rings (SSSR count). The van der Waals surface area contributed by atoms with Crippen molar-refractivity contribution in [3.05, 3.63) is 11.2 Å². The molecule has 94 valence electrons. The Labute approximate surface area is 105 Å². The van der Waals surface area contributed by atoms with Gasteiger partial charge in [-0.2, -0.15) is 5.10 Å². The molecule has 0 atom stereocenters. The molecule has 0 spiro atoms. The summed E-state index contributed by atoms with van der Waals surface area (Å²) in [6.45, 7) is 0.174. The number of nitrogens with zero attached hydrogens (tertiary/aromatic N) is 2. The number of nitrogens with one attached hydrogen (secondary N) is 1. The number of halogens is 1. The second-order valence-electron chi connectivity index (χ2n) is 4.46. The van der Waals surface area contributed by atoms with E-state index in [1.807, 2.05) is 0 Å². The fourth-order valence-electron chi connectivity index (χ4n) is 2.16. The van der Waals surface area contributed by atoms with Crippen molar-refractivity contribution in [2.75, 3.05) is 5.73 Å². The molecule has 6 heteroatoms. The van der Waals surface area contributed by atoms with Gasteiger partial charge in [0.15, 0.2) is 5.82 Å². The summed E-state index contributed by atoms with van der Waals surface area (Å²) >= 11 is 5.76. The van der Waals surface area contributed by atoms with E-state index >= 15 is 0 Å². The highest BCUT2D eigenvalue weighted by molar-refractivity contribution is 6.32. The van der Waals surface area contributed by atoms with Gasteiger partial charge >= 0.3 is 0 Å². The maximum Gasteiger partial charge on any atom is 0.241 e. The molecule has 0 radical (unpaired) electrons. The predicted octanol–water partition coefficient (Wildman–Crippen LogP) is 1.57. The Kier molecular flexibility index (Phi) is 3.89. The summed E-state index contributed by atoms with van der Waals surface area (Å²) in [6.07, 6.45) is 7.40. The summed E-state index contributed by atoms with van der Waals surface area (Å²) in [6, 6.07) is 0.319. The van der Waals surface area contributed by atoms with Crippen molar-refractivity contribution in [3.8, 4) is 0 Å². The summed E-state index contributed by atoms with van der Waals surface area (Å²) < 4.78 is 1.47. The molecule has 1 fully saturated rings. The second-order valence-corrected chi connectivity index (χ2v) is 4.87.